The number of fused-ring (bicyclic) bond motifs is 2. The van der Waals surface area contributed by atoms with Crippen molar-refractivity contribution in [1.82, 2.24) is 25.4 Å². The van der Waals surface area contributed by atoms with Crippen LogP contribution >= 0.6 is 0 Å². The van der Waals surface area contributed by atoms with E-state index < -0.39 is 0 Å². The monoisotopic (exact) mass is 354 g/mol. The largest absolute Gasteiger partial charge is 0.377 e. The molecule has 0 spiro atoms. The zero-order chi connectivity index (χ0) is 17.9. The van der Waals surface area contributed by atoms with Crippen molar-refractivity contribution in [2.24, 2.45) is 4.99 Å². The first-order valence-corrected chi connectivity index (χ1v) is 9.23. The van der Waals surface area contributed by atoms with Crippen LogP contribution in [0.5, 0.6) is 0 Å². The molecule has 4 rings (SSSR count). The third-order valence-corrected chi connectivity index (χ3v) is 5.22. The molecule has 7 nitrogen and oxygen atoms in total. The number of aromatic nitrogens is 3. The predicted molar refractivity (Wildman–Crippen MR) is 100 cm³/mol. The van der Waals surface area contributed by atoms with Crippen molar-refractivity contribution in [2.75, 3.05) is 20.7 Å². The van der Waals surface area contributed by atoms with Gasteiger partial charge in [-0.25, -0.2) is 9.67 Å². The Morgan fingerprint density at radius 2 is 2.27 bits per heavy atom. The Balaban J connectivity index is 1.30. The maximum absolute atomic E-state index is 5.13. The SMILES string of the molecule is CN=C(NCC1Cc2ccccc21)NC1CCc2nc(COC)nn2C1. The van der Waals surface area contributed by atoms with Gasteiger partial charge < -0.3 is 15.4 Å². The Hall–Kier alpha value is -2.41. The molecule has 0 saturated heterocycles. The van der Waals surface area contributed by atoms with Crippen LogP contribution in [0.2, 0.25) is 0 Å². The summed E-state index contributed by atoms with van der Waals surface area (Å²) in [4.78, 5) is 8.92. The summed E-state index contributed by atoms with van der Waals surface area (Å²) in [6.07, 6.45) is 3.09. The van der Waals surface area contributed by atoms with Crippen LogP contribution in [0.3, 0.4) is 0 Å². The van der Waals surface area contributed by atoms with Gasteiger partial charge in [0.2, 0.25) is 0 Å². The molecule has 2 aliphatic rings. The van der Waals surface area contributed by atoms with Gasteiger partial charge in [0, 0.05) is 39.1 Å². The minimum Gasteiger partial charge on any atom is -0.377 e. The molecule has 2 heterocycles. The fourth-order valence-electron chi connectivity index (χ4n) is 3.82. The minimum atomic E-state index is 0.305. The molecular weight excluding hydrogens is 328 g/mol. The molecule has 0 amide bonds. The summed E-state index contributed by atoms with van der Waals surface area (Å²) in [6.45, 7) is 2.18. The van der Waals surface area contributed by atoms with Gasteiger partial charge in [-0.3, -0.25) is 4.99 Å². The van der Waals surface area contributed by atoms with Crippen molar-refractivity contribution in [3.8, 4) is 0 Å². The van der Waals surface area contributed by atoms with Gasteiger partial charge in [-0.15, -0.1) is 0 Å². The van der Waals surface area contributed by atoms with E-state index in [1.165, 1.54) is 11.1 Å². The lowest BCUT2D eigenvalue weighted by atomic mass is 9.78. The van der Waals surface area contributed by atoms with Crippen molar-refractivity contribution >= 4 is 5.96 Å². The second-order valence-electron chi connectivity index (χ2n) is 6.99. The van der Waals surface area contributed by atoms with Crippen LogP contribution in [-0.2, 0) is 30.7 Å². The van der Waals surface area contributed by atoms with Gasteiger partial charge >= 0.3 is 0 Å². The Labute approximate surface area is 153 Å². The van der Waals surface area contributed by atoms with Crippen molar-refractivity contribution in [2.45, 2.75) is 44.4 Å². The van der Waals surface area contributed by atoms with Crippen LogP contribution in [0, 0.1) is 0 Å². The van der Waals surface area contributed by atoms with Crippen molar-refractivity contribution in [3.63, 3.8) is 0 Å². The number of guanidine groups is 1. The molecular formula is C19H26N6O. The first-order chi connectivity index (χ1) is 12.8. The molecule has 1 aromatic heterocycles. The number of aryl methyl sites for hydroxylation is 1. The molecule has 2 unspecified atom stereocenters. The quantitative estimate of drug-likeness (QED) is 0.624. The maximum atomic E-state index is 5.13. The molecule has 138 valence electrons. The maximum Gasteiger partial charge on any atom is 0.191 e. The van der Waals surface area contributed by atoms with E-state index in [9.17, 15) is 0 Å². The lowest BCUT2D eigenvalue weighted by Gasteiger charge is -2.31. The average Bonchev–Trinajstić information content (AvgIpc) is 3.03. The normalized spacial score (nSPS) is 21.5. The third-order valence-electron chi connectivity index (χ3n) is 5.22. The van der Waals surface area contributed by atoms with E-state index in [-0.39, 0.29) is 0 Å². The summed E-state index contributed by atoms with van der Waals surface area (Å²) in [7, 11) is 3.49. The van der Waals surface area contributed by atoms with Gasteiger partial charge in [-0.05, 0) is 24.0 Å². The molecule has 26 heavy (non-hydrogen) atoms. The Kier molecular flexibility index (Phi) is 4.88. The summed E-state index contributed by atoms with van der Waals surface area (Å²) in [6, 6.07) is 8.98. The van der Waals surface area contributed by atoms with Crippen LogP contribution in [0.25, 0.3) is 0 Å². The predicted octanol–water partition coefficient (Wildman–Crippen LogP) is 1.24. The number of nitrogens with zero attached hydrogens (tertiary/aromatic N) is 4. The van der Waals surface area contributed by atoms with Crippen LogP contribution in [0.4, 0.5) is 0 Å². The third kappa shape index (κ3) is 3.44. The smallest absolute Gasteiger partial charge is 0.191 e. The van der Waals surface area contributed by atoms with Crippen molar-refractivity contribution < 1.29 is 4.74 Å². The highest BCUT2D eigenvalue weighted by Crippen LogP contribution is 2.33. The van der Waals surface area contributed by atoms with Crippen LogP contribution < -0.4 is 10.6 Å². The van der Waals surface area contributed by atoms with E-state index in [4.69, 9.17) is 4.74 Å². The van der Waals surface area contributed by atoms with Crippen LogP contribution in [-0.4, -0.2) is 47.5 Å². The van der Waals surface area contributed by atoms with Gasteiger partial charge in [0.15, 0.2) is 11.8 Å². The summed E-state index contributed by atoms with van der Waals surface area (Å²) >= 11 is 0. The number of rotatable bonds is 5. The molecule has 1 aromatic carbocycles. The molecule has 2 N–H and O–H groups in total. The Bertz CT molecular complexity index is 799. The molecule has 0 radical (unpaired) electrons. The first kappa shape index (κ1) is 17.0. The highest BCUT2D eigenvalue weighted by molar-refractivity contribution is 5.80. The lowest BCUT2D eigenvalue weighted by Crippen LogP contribution is -2.48. The van der Waals surface area contributed by atoms with Crippen LogP contribution in [0.1, 0.15) is 35.1 Å². The number of aliphatic imine (C=N–C) groups is 1. The second kappa shape index (κ2) is 7.45. The topological polar surface area (TPSA) is 76.4 Å². The highest BCUT2D eigenvalue weighted by Gasteiger charge is 2.26. The number of benzene rings is 1. The summed E-state index contributed by atoms with van der Waals surface area (Å²) in [5.41, 5.74) is 2.94. The molecule has 0 fully saturated rings. The summed E-state index contributed by atoms with van der Waals surface area (Å²) in [5, 5.41) is 11.5. The molecule has 0 bridgehead atoms. The number of methoxy groups -OCH3 is 1. The minimum absolute atomic E-state index is 0.305. The molecule has 1 aliphatic heterocycles. The highest BCUT2D eigenvalue weighted by atomic mass is 16.5. The molecule has 2 aromatic rings. The summed E-state index contributed by atoms with van der Waals surface area (Å²) in [5.74, 6) is 3.24. The number of hydrogen-bond acceptors (Lipinski definition) is 4. The van der Waals surface area contributed by atoms with Gasteiger partial charge in [0.25, 0.3) is 0 Å². The average molecular weight is 354 g/mol. The fourth-order valence-corrected chi connectivity index (χ4v) is 3.82. The Morgan fingerprint density at radius 1 is 1.38 bits per heavy atom. The van der Waals surface area contributed by atoms with Crippen molar-refractivity contribution in [3.05, 3.63) is 47.0 Å². The molecule has 1 aliphatic carbocycles. The number of ether oxygens (including phenoxy) is 1. The van der Waals surface area contributed by atoms with Gasteiger partial charge in [0.05, 0.1) is 6.54 Å². The van der Waals surface area contributed by atoms with Gasteiger partial charge in [-0.2, -0.15) is 5.10 Å². The van der Waals surface area contributed by atoms with Crippen LogP contribution in [0.15, 0.2) is 29.3 Å². The molecule has 2 atom stereocenters. The fraction of sp³-hybridized carbons (Fsp3) is 0.526. The number of nitrogens with one attached hydrogen (secondary N) is 2. The molecule has 0 saturated carbocycles. The molecule has 7 heteroatoms. The lowest BCUT2D eigenvalue weighted by molar-refractivity contribution is 0.177. The van der Waals surface area contributed by atoms with E-state index in [2.05, 4.69) is 50.0 Å². The Morgan fingerprint density at radius 3 is 3.08 bits per heavy atom. The van der Waals surface area contributed by atoms with E-state index >= 15 is 0 Å². The zero-order valence-corrected chi connectivity index (χ0v) is 15.4. The van der Waals surface area contributed by atoms with E-state index in [1.807, 2.05) is 11.7 Å². The first-order valence-electron chi connectivity index (χ1n) is 9.23. The van der Waals surface area contributed by atoms with E-state index in [0.29, 0.717) is 18.6 Å². The summed E-state index contributed by atoms with van der Waals surface area (Å²) < 4.78 is 7.12. The van der Waals surface area contributed by atoms with E-state index in [1.54, 1.807) is 7.11 Å². The standard InChI is InChI=1S/C19H26N6O/c1-20-19(21-10-14-9-13-5-3-4-6-16(13)14)22-15-7-8-18-23-17(12-26-2)24-25(18)11-15/h3-6,14-15H,7-12H2,1-2H3,(H2,20,21,22). The van der Waals surface area contributed by atoms with Crippen molar-refractivity contribution in [1.29, 1.82) is 0 Å². The number of hydrogen-bond donors (Lipinski definition) is 2. The van der Waals surface area contributed by atoms with E-state index in [0.717, 1.165) is 50.0 Å². The zero-order valence-electron chi connectivity index (χ0n) is 15.4. The second-order valence-corrected chi connectivity index (χ2v) is 6.99. The van der Waals surface area contributed by atoms with Gasteiger partial charge in [0.1, 0.15) is 12.4 Å². The van der Waals surface area contributed by atoms with Gasteiger partial charge in [-0.1, -0.05) is 24.3 Å².